The van der Waals surface area contributed by atoms with Crippen LogP contribution in [-0.4, -0.2) is 61.7 Å². The van der Waals surface area contributed by atoms with E-state index in [-0.39, 0.29) is 12.0 Å². The Balaban J connectivity index is 1.70. The fourth-order valence-corrected chi connectivity index (χ4v) is 6.24. The first-order valence-corrected chi connectivity index (χ1v) is 12.3. The number of nitrogens with zero attached hydrogens (tertiary/aromatic N) is 3. The summed E-state index contributed by atoms with van der Waals surface area (Å²) in [4.78, 5) is 19.7. The summed E-state index contributed by atoms with van der Waals surface area (Å²) in [7, 11) is -3.45. The highest BCUT2D eigenvalue weighted by molar-refractivity contribution is 7.88. The number of hydrogen-bond donors (Lipinski definition) is 0. The van der Waals surface area contributed by atoms with Crippen LogP contribution in [-0.2, 0) is 19.6 Å². The van der Waals surface area contributed by atoms with E-state index in [2.05, 4.69) is 4.98 Å². The number of hydrogen-bond acceptors (Lipinski definition) is 6. The summed E-state index contributed by atoms with van der Waals surface area (Å²) in [5.41, 5.74) is 0.653. The normalized spacial score (nSPS) is 23.5. The maximum Gasteiger partial charge on any atom is 0.247 e. The molecule has 4 rings (SSSR count). The van der Waals surface area contributed by atoms with Gasteiger partial charge in [0.25, 0.3) is 0 Å². The predicted molar refractivity (Wildman–Crippen MR) is 111 cm³/mol. The van der Waals surface area contributed by atoms with Crippen LogP contribution in [0.25, 0.3) is 10.2 Å². The van der Waals surface area contributed by atoms with Gasteiger partial charge in [0.2, 0.25) is 15.9 Å². The average Bonchev–Trinajstić information content (AvgIpc) is 3.37. The van der Waals surface area contributed by atoms with Crippen molar-refractivity contribution in [1.29, 1.82) is 0 Å². The maximum absolute atomic E-state index is 13.5. The summed E-state index contributed by atoms with van der Waals surface area (Å²) >= 11 is 7.65. The fraction of sp³-hybridized carbons (Fsp3) is 0.556. The Morgan fingerprint density at radius 3 is 2.89 bits per heavy atom. The van der Waals surface area contributed by atoms with Gasteiger partial charge >= 0.3 is 0 Å². The zero-order valence-electron chi connectivity index (χ0n) is 15.5. The number of carbonyl (C=O) groups excluding carboxylic acids is 1. The summed E-state index contributed by atoms with van der Waals surface area (Å²) in [5.74, 6) is -0.242. The summed E-state index contributed by atoms with van der Waals surface area (Å²) < 4.78 is 32.2. The number of rotatable bonds is 5. The molecule has 2 fully saturated rings. The number of ether oxygens (including phenoxy) is 1. The van der Waals surface area contributed by atoms with Gasteiger partial charge in [-0.15, -0.1) is 0 Å². The van der Waals surface area contributed by atoms with Crippen LogP contribution < -0.4 is 4.90 Å². The van der Waals surface area contributed by atoms with Gasteiger partial charge < -0.3 is 4.74 Å². The standard InChI is InChI=1S/C18H22ClN3O4S2/c1-28(24,25)22-9-3-7-14(22)17(23)21(11-12-5-4-10-26-12)18-20-16-13(19)6-2-8-15(16)27-18/h2,6,8,12,14H,3-5,7,9-11H2,1H3/t12-,14-/m1/s1. The van der Waals surface area contributed by atoms with Crippen LogP contribution in [0.15, 0.2) is 18.2 Å². The third kappa shape index (κ3) is 3.91. The van der Waals surface area contributed by atoms with Crippen molar-refractivity contribution >= 4 is 54.2 Å². The molecule has 0 unspecified atom stereocenters. The number of sulfonamides is 1. The summed E-state index contributed by atoms with van der Waals surface area (Å²) in [6, 6.07) is 4.83. The van der Waals surface area contributed by atoms with Crippen molar-refractivity contribution in [2.45, 2.75) is 37.8 Å². The SMILES string of the molecule is CS(=O)(=O)N1CCC[C@@H]1C(=O)N(C[C@H]1CCCO1)c1nc2c(Cl)cccc2s1. The molecule has 2 aromatic rings. The number of aromatic nitrogens is 1. The molecule has 1 amide bonds. The second kappa shape index (κ2) is 7.87. The molecule has 0 saturated carbocycles. The fourth-order valence-electron chi connectivity index (χ4n) is 3.84. The van der Waals surface area contributed by atoms with Crippen LogP contribution in [0, 0.1) is 0 Å². The maximum atomic E-state index is 13.5. The van der Waals surface area contributed by atoms with Crippen LogP contribution in [0.4, 0.5) is 5.13 Å². The van der Waals surface area contributed by atoms with Crippen LogP contribution in [0.1, 0.15) is 25.7 Å². The molecule has 7 nitrogen and oxygen atoms in total. The molecular weight excluding hydrogens is 422 g/mol. The first-order chi connectivity index (χ1) is 13.3. The first-order valence-electron chi connectivity index (χ1n) is 9.29. The van der Waals surface area contributed by atoms with Gasteiger partial charge in [-0.05, 0) is 37.8 Å². The lowest BCUT2D eigenvalue weighted by molar-refractivity contribution is -0.122. The van der Waals surface area contributed by atoms with Crippen LogP contribution in [0.5, 0.6) is 0 Å². The van der Waals surface area contributed by atoms with E-state index in [1.807, 2.05) is 12.1 Å². The van der Waals surface area contributed by atoms with Crippen molar-refractivity contribution in [3.63, 3.8) is 0 Å². The van der Waals surface area contributed by atoms with Crippen LogP contribution in [0.3, 0.4) is 0 Å². The van der Waals surface area contributed by atoms with E-state index in [4.69, 9.17) is 16.3 Å². The lowest BCUT2D eigenvalue weighted by Crippen LogP contribution is -2.49. The van der Waals surface area contributed by atoms with Crippen molar-refractivity contribution in [3.05, 3.63) is 23.2 Å². The molecule has 1 aromatic carbocycles. The molecule has 2 atom stereocenters. The van der Waals surface area contributed by atoms with Crippen molar-refractivity contribution in [1.82, 2.24) is 9.29 Å². The Morgan fingerprint density at radius 2 is 2.21 bits per heavy atom. The number of benzene rings is 1. The number of fused-ring (bicyclic) bond motifs is 1. The van der Waals surface area contributed by atoms with E-state index in [0.717, 1.165) is 23.8 Å². The molecule has 1 aromatic heterocycles. The Labute approximate surface area is 173 Å². The molecule has 2 aliphatic rings. The molecule has 152 valence electrons. The Hall–Kier alpha value is -1.26. The minimum atomic E-state index is -3.45. The zero-order chi connectivity index (χ0) is 19.9. The lowest BCUT2D eigenvalue weighted by Gasteiger charge is -2.29. The van der Waals surface area contributed by atoms with E-state index in [1.165, 1.54) is 15.6 Å². The Kier molecular flexibility index (Phi) is 5.63. The largest absolute Gasteiger partial charge is 0.376 e. The number of anilines is 1. The first kappa shape index (κ1) is 20.0. The van der Waals surface area contributed by atoms with Crippen molar-refractivity contribution < 1.29 is 17.9 Å². The summed E-state index contributed by atoms with van der Waals surface area (Å²) in [6.45, 7) is 1.41. The molecular formula is C18H22ClN3O4S2. The Morgan fingerprint density at radius 1 is 1.39 bits per heavy atom. The van der Waals surface area contributed by atoms with Gasteiger partial charge in [0.05, 0.1) is 28.6 Å². The van der Waals surface area contributed by atoms with Gasteiger partial charge in [0, 0.05) is 13.2 Å². The van der Waals surface area contributed by atoms with E-state index in [9.17, 15) is 13.2 Å². The average molecular weight is 444 g/mol. The monoisotopic (exact) mass is 443 g/mol. The number of para-hydroxylation sites is 1. The summed E-state index contributed by atoms with van der Waals surface area (Å²) in [6.07, 6.45) is 4.09. The highest BCUT2D eigenvalue weighted by Crippen LogP contribution is 2.35. The predicted octanol–water partition coefficient (Wildman–Crippen LogP) is 2.89. The highest BCUT2D eigenvalue weighted by Gasteiger charge is 2.40. The molecule has 28 heavy (non-hydrogen) atoms. The minimum absolute atomic E-state index is 0.0699. The number of halogens is 1. The van der Waals surface area contributed by atoms with Gasteiger partial charge in [0.1, 0.15) is 11.6 Å². The molecule has 2 aliphatic heterocycles. The van der Waals surface area contributed by atoms with Crippen molar-refractivity contribution in [2.24, 2.45) is 0 Å². The molecule has 10 heteroatoms. The summed E-state index contributed by atoms with van der Waals surface area (Å²) in [5, 5.41) is 1.06. The Bertz CT molecular complexity index is 988. The molecule has 2 saturated heterocycles. The van der Waals surface area contributed by atoms with Gasteiger partial charge in [-0.1, -0.05) is 29.0 Å². The second-order valence-electron chi connectivity index (χ2n) is 7.20. The molecule has 0 N–H and O–H groups in total. The van der Waals surface area contributed by atoms with Gasteiger partial charge in [-0.3, -0.25) is 9.69 Å². The molecule has 0 bridgehead atoms. The molecule has 0 aliphatic carbocycles. The topological polar surface area (TPSA) is 79.8 Å². The highest BCUT2D eigenvalue weighted by atomic mass is 35.5. The zero-order valence-corrected chi connectivity index (χ0v) is 17.9. The lowest BCUT2D eigenvalue weighted by atomic mass is 10.2. The van der Waals surface area contributed by atoms with Crippen LogP contribution >= 0.6 is 22.9 Å². The van der Waals surface area contributed by atoms with Gasteiger partial charge in [-0.25, -0.2) is 13.4 Å². The second-order valence-corrected chi connectivity index (χ2v) is 10.5. The number of thiazole rings is 1. The van der Waals surface area contributed by atoms with Gasteiger partial charge in [0.15, 0.2) is 5.13 Å². The van der Waals surface area contributed by atoms with Crippen molar-refractivity contribution in [3.8, 4) is 0 Å². The van der Waals surface area contributed by atoms with E-state index in [1.54, 1.807) is 11.0 Å². The van der Waals surface area contributed by atoms with E-state index < -0.39 is 16.1 Å². The van der Waals surface area contributed by atoms with Crippen LogP contribution in [0.2, 0.25) is 5.02 Å². The number of amides is 1. The number of carbonyl (C=O) groups is 1. The van der Waals surface area contributed by atoms with E-state index in [0.29, 0.717) is 48.2 Å². The smallest absolute Gasteiger partial charge is 0.247 e. The van der Waals surface area contributed by atoms with E-state index >= 15 is 0 Å². The molecule has 3 heterocycles. The van der Waals surface area contributed by atoms with Crippen molar-refractivity contribution in [2.75, 3.05) is 30.9 Å². The third-order valence-electron chi connectivity index (χ3n) is 5.18. The molecule has 0 radical (unpaired) electrons. The van der Waals surface area contributed by atoms with Gasteiger partial charge in [-0.2, -0.15) is 4.31 Å². The minimum Gasteiger partial charge on any atom is -0.376 e. The molecule has 0 spiro atoms. The third-order valence-corrected chi connectivity index (χ3v) is 7.82. The quantitative estimate of drug-likeness (QED) is 0.709.